The second-order valence-corrected chi connectivity index (χ2v) is 8.48. The molecule has 6 nitrogen and oxygen atoms in total. The third-order valence-electron chi connectivity index (χ3n) is 4.74. The first-order chi connectivity index (χ1) is 12.9. The number of ether oxygens (including phenoxy) is 1. The first kappa shape index (κ1) is 36.9. The average molecular weight is 487 g/mol. The average Bonchev–Trinajstić information content (AvgIpc) is 2.62. The molecule has 0 fully saturated rings. The van der Waals surface area contributed by atoms with E-state index in [4.69, 9.17) is 4.74 Å². The van der Waals surface area contributed by atoms with Gasteiger partial charge in [-0.1, -0.05) is 90.9 Å². The largest absolute Gasteiger partial charge is 1.00 e. The molecule has 164 valence electrons. The van der Waals surface area contributed by atoms with E-state index < -0.39 is 14.1 Å². The molecule has 29 heavy (non-hydrogen) atoms. The van der Waals surface area contributed by atoms with Crippen LogP contribution in [-0.4, -0.2) is 12.4 Å². The molecule has 2 unspecified atom stereocenters. The van der Waals surface area contributed by atoms with Gasteiger partial charge in [-0.25, -0.2) is 9.56 Å². The van der Waals surface area contributed by atoms with Crippen molar-refractivity contribution in [3.05, 3.63) is 0 Å². The molecule has 0 spiro atoms. The van der Waals surface area contributed by atoms with E-state index in [1.807, 2.05) is 13.8 Å². The van der Waals surface area contributed by atoms with Crippen LogP contribution in [0.15, 0.2) is 0 Å². The van der Waals surface area contributed by atoms with E-state index in [0.29, 0.717) is 6.42 Å². The second-order valence-electron chi connectivity index (χ2n) is 7.43. The number of rotatable bonds is 20. The van der Waals surface area contributed by atoms with Crippen molar-refractivity contribution in [3.63, 3.8) is 0 Å². The van der Waals surface area contributed by atoms with Gasteiger partial charge in [0.1, 0.15) is 7.82 Å². The van der Waals surface area contributed by atoms with E-state index in [1.165, 1.54) is 64.2 Å². The summed E-state index contributed by atoms with van der Waals surface area (Å²) < 4.78 is 20.0. The van der Waals surface area contributed by atoms with Crippen LogP contribution >= 0.6 is 7.82 Å². The van der Waals surface area contributed by atoms with Crippen molar-refractivity contribution in [3.8, 4) is 0 Å². The fraction of sp³-hybridized carbons (Fsp3) is 1.00. The van der Waals surface area contributed by atoms with Gasteiger partial charge in [-0.15, -0.1) is 0 Å². The monoisotopic (exact) mass is 486 g/mol. The first-order valence-corrected chi connectivity index (χ1v) is 12.4. The minimum absolute atomic E-state index is 0. The van der Waals surface area contributed by atoms with Gasteiger partial charge in [-0.05, 0) is 19.8 Å². The second kappa shape index (κ2) is 25.9. The summed E-state index contributed by atoms with van der Waals surface area (Å²) in [6.45, 7) is 6.07. The summed E-state index contributed by atoms with van der Waals surface area (Å²) in [5, 5.41) is 0. The molecule has 0 rings (SSSR count). The molecule has 0 N–H and O–H groups in total. The van der Waals surface area contributed by atoms with Crippen LogP contribution in [0.4, 0.5) is 0 Å². The Hall–Kier alpha value is 3.30. The Morgan fingerprint density at radius 2 is 1.17 bits per heavy atom. The summed E-state index contributed by atoms with van der Waals surface area (Å²) >= 11 is 0. The Morgan fingerprint density at radius 3 is 1.55 bits per heavy atom. The van der Waals surface area contributed by atoms with E-state index in [1.54, 1.807) is 0 Å². The van der Waals surface area contributed by atoms with Crippen LogP contribution in [0, 0.1) is 0 Å². The third-order valence-corrected chi connectivity index (χ3v) is 5.01. The third kappa shape index (κ3) is 29.3. The first-order valence-electron chi connectivity index (χ1n) is 10.9. The smallest absolute Gasteiger partial charge is 0.788 e. The van der Waals surface area contributed by atoms with Crippen LogP contribution < -0.4 is 113 Å². The van der Waals surface area contributed by atoms with Gasteiger partial charge in [0.2, 0.25) is 0 Å². The van der Waals surface area contributed by atoms with Crippen molar-refractivity contribution >= 4 is 7.82 Å². The molecule has 0 heterocycles. The molecule has 0 aliphatic carbocycles. The van der Waals surface area contributed by atoms with Crippen LogP contribution in [0.2, 0.25) is 0 Å². The summed E-state index contributed by atoms with van der Waals surface area (Å²) in [4.78, 5) is 25.8. The molecule has 0 aromatic heterocycles. The molecule has 0 saturated heterocycles. The van der Waals surface area contributed by atoms with E-state index in [0.717, 1.165) is 25.7 Å². The fourth-order valence-corrected chi connectivity index (χ4v) is 3.13. The Morgan fingerprint density at radius 1 is 0.759 bits per heavy atom. The van der Waals surface area contributed by atoms with Crippen LogP contribution in [-0.2, 0) is 18.9 Å². The van der Waals surface area contributed by atoms with E-state index in [2.05, 4.69) is 16.5 Å². The molecule has 0 aliphatic rings. The number of hydrogen-bond acceptors (Lipinski definition) is 6. The quantitative estimate of drug-likeness (QED) is 0.0570. The zero-order chi connectivity index (χ0) is 20.4. The zero-order valence-corrected chi connectivity index (χ0v) is 26.8. The molecule has 9 heteroatoms. The van der Waals surface area contributed by atoms with Gasteiger partial charge in [-0.3, -0.25) is 0 Å². The van der Waals surface area contributed by atoms with Crippen molar-refractivity contribution < 1.29 is 131 Å². The summed E-state index contributed by atoms with van der Waals surface area (Å²) in [5.41, 5.74) is 0. The predicted octanol–water partition coefficient (Wildman–Crippen LogP) is -0.606. The van der Waals surface area contributed by atoms with Gasteiger partial charge in [0, 0.05) is 6.42 Å². The molecule has 0 aliphatic heterocycles. The Kier molecular flexibility index (Phi) is 32.9. The minimum atomic E-state index is -5.15. The maximum Gasteiger partial charge on any atom is 1.00 e. The van der Waals surface area contributed by atoms with Crippen LogP contribution in [0.1, 0.15) is 117 Å². The van der Waals surface area contributed by atoms with Gasteiger partial charge in [0.25, 0.3) is 0 Å². The van der Waals surface area contributed by atoms with E-state index in [9.17, 15) is 14.4 Å². The molecule has 0 bridgehead atoms. The zero-order valence-electron chi connectivity index (χ0n) is 19.7. The van der Waals surface area contributed by atoms with Crippen molar-refractivity contribution in [2.45, 2.75) is 129 Å². The van der Waals surface area contributed by atoms with Crippen molar-refractivity contribution in [2.24, 2.45) is 0 Å². The summed E-state index contributed by atoms with van der Waals surface area (Å²) in [6.07, 6.45) is 16.7. The normalized spacial score (nSPS) is 13.4. The van der Waals surface area contributed by atoms with Gasteiger partial charge in [0.05, 0.1) is 6.10 Å². The minimum Gasteiger partial charge on any atom is -0.788 e. The topological polar surface area (TPSA) is 90.9 Å². The Balaban J connectivity index is -0.00000338. The van der Waals surface area contributed by atoms with Crippen molar-refractivity contribution in [2.75, 3.05) is 0 Å². The number of phosphoric acid groups is 1. The Labute approximate surface area is 264 Å². The van der Waals surface area contributed by atoms with Crippen LogP contribution in [0.3, 0.4) is 0 Å². The molecule has 0 radical (unpaired) electrons. The number of hydrogen-bond donors (Lipinski definition) is 0. The van der Waals surface area contributed by atoms with Gasteiger partial charge in [0.15, 0.2) is 6.29 Å². The molecule has 0 aromatic carbocycles. The van der Waals surface area contributed by atoms with Crippen molar-refractivity contribution in [1.82, 2.24) is 0 Å². The molecular weight excluding hydrogens is 445 g/mol. The molecule has 2 atom stereocenters. The summed E-state index contributed by atoms with van der Waals surface area (Å²) in [6, 6.07) is 0. The maximum atomic E-state index is 10.5. The fourth-order valence-electron chi connectivity index (χ4n) is 2.92. The Bertz CT molecular complexity index is 371. The van der Waals surface area contributed by atoms with Gasteiger partial charge in [-0.2, -0.15) is 0 Å². The standard InChI is InChI=1S/C20H43O6P.2K/c1-4-6-7-8-9-10-11-12-13-14-15-16-17-18-20(24-19(3)5-2)25-26-27(21,22)23;;/h19-20H,4-18H2,1-3H3,(H2,21,22,23);;/q;2*+1/p-2. The molecule has 0 saturated carbocycles. The molecule has 0 aromatic rings. The van der Waals surface area contributed by atoms with Gasteiger partial charge >= 0.3 is 103 Å². The maximum absolute atomic E-state index is 10.5. The predicted molar refractivity (Wildman–Crippen MR) is 105 cm³/mol. The van der Waals surface area contributed by atoms with E-state index in [-0.39, 0.29) is 109 Å². The van der Waals surface area contributed by atoms with E-state index >= 15 is 0 Å². The molecular formula is C20H41K2O6P. The summed E-state index contributed by atoms with van der Waals surface area (Å²) in [7, 11) is -5.15. The van der Waals surface area contributed by atoms with Crippen molar-refractivity contribution in [1.29, 1.82) is 0 Å². The van der Waals surface area contributed by atoms with Crippen LogP contribution in [0.5, 0.6) is 0 Å². The molecule has 0 amide bonds. The number of unbranched alkanes of at least 4 members (excludes halogenated alkanes) is 12. The summed E-state index contributed by atoms with van der Waals surface area (Å²) in [5.74, 6) is 0. The SMILES string of the molecule is CCCCCCCCCCCCCCCC(OOP(=O)([O-])[O-])OC(C)CC.[K+].[K+]. The van der Waals surface area contributed by atoms with Gasteiger partial charge < -0.3 is 19.1 Å². The van der Waals surface area contributed by atoms with Crippen LogP contribution in [0.25, 0.3) is 0 Å².